The van der Waals surface area contributed by atoms with Crippen LogP contribution in [0.3, 0.4) is 0 Å². The lowest BCUT2D eigenvalue weighted by Gasteiger charge is -1.99. The molecule has 1 aliphatic carbocycles. The zero-order chi connectivity index (χ0) is 10.7. The van der Waals surface area contributed by atoms with Crippen molar-refractivity contribution in [1.29, 1.82) is 0 Å². The number of hydrogen-bond donors (Lipinski definition) is 0. The van der Waals surface area contributed by atoms with Crippen LogP contribution in [0, 0.1) is 0 Å². The first-order valence-corrected chi connectivity index (χ1v) is 5.49. The molecule has 1 aliphatic heterocycles. The predicted octanol–water partition coefficient (Wildman–Crippen LogP) is 2.73. The van der Waals surface area contributed by atoms with Crippen LogP contribution in [-0.4, -0.2) is 16.5 Å². The molecule has 0 spiro atoms. The molecule has 1 heterocycles. The van der Waals surface area contributed by atoms with E-state index in [1.165, 1.54) is 10.8 Å². The van der Waals surface area contributed by atoms with Crippen LogP contribution in [0.15, 0.2) is 46.4 Å². The van der Waals surface area contributed by atoms with Gasteiger partial charge in [-0.25, -0.2) is 9.98 Å². The lowest BCUT2D eigenvalue weighted by Crippen LogP contribution is -2.05. The van der Waals surface area contributed by atoms with Crippen LogP contribution in [0.5, 0.6) is 0 Å². The van der Waals surface area contributed by atoms with E-state index in [0.29, 0.717) is 5.11 Å². The summed E-state index contributed by atoms with van der Waals surface area (Å²) in [5.41, 5.74) is 4.20. The van der Waals surface area contributed by atoms with Gasteiger partial charge in [0.25, 0.3) is 0 Å². The highest BCUT2D eigenvalue weighted by Gasteiger charge is 2.30. The highest BCUT2D eigenvalue weighted by molar-refractivity contribution is 7.80. The number of aliphatic imine (C=N–C) groups is 2. The van der Waals surface area contributed by atoms with Gasteiger partial charge < -0.3 is 0 Å². The third kappa shape index (κ3) is 0.847. The molecule has 2 aliphatic rings. The summed E-state index contributed by atoms with van der Waals surface area (Å²) in [5, 5.41) is 2.93. The minimum absolute atomic E-state index is 0.441. The van der Waals surface area contributed by atoms with Crippen molar-refractivity contribution in [2.45, 2.75) is 0 Å². The topological polar surface area (TPSA) is 24.7 Å². The van der Waals surface area contributed by atoms with Crippen molar-refractivity contribution in [3.63, 3.8) is 0 Å². The Hall–Kier alpha value is -1.87. The molecule has 2 aromatic carbocycles. The highest BCUT2D eigenvalue weighted by atomic mass is 32.1. The molecule has 3 heteroatoms. The monoisotopic (exact) mass is 222 g/mol. The van der Waals surface area contributed by atoms with Crippen molar-refractivity contribution in [1.82, 2.24) is 0 Å². The van der Waals surface area contributed by atoms with Gasteiger partial charge in [-0.3, -0.25) is 0 Å². The van der Waals surface area contributed by atoms with Gasteiger partial charge in [-0.1, -0.05) is 36.4 Å². The molecule has 74 valence electrons. The second-order valence-electron chi connectivity index (χ2n) is 3.91. The number of hydrogen-bond acceptors (Lipinski definition) is 1. The minimum Gasteiger partial charge on any atom is -0.216 e. The summed E-state index contributed by atoms with van der Waals surface area (Å²) < 4.78 is 0. The molecular weight excluding hydrogens is 216 g/mol. The Bertz CT molecular complexity index is 669. The zero-order valence-corrected chi connectivity index (χ0v) is 9.08. The predicted molar refractivity (Wildman–Crippen MR) is 69.6 cm³/mol. The average molecular weight is 222 g/mol. The van der Waals surface area contributed by atoms with Crippen LogP contribution in [0.25, 0.3) is 10.8 Å². The molecule has 2 aromatic rings. The average Bonchev–Trinajstić information content (AvgIpc) is 2.80. The summed E-state index contributed by atoms with van der Waals surface area (Å²) >= 11 is 5.03. The van der Waals surface area contributed by atoms with Gasteiger partial charge in [0.1, 0.15) is 11.4 Å². The van der Waals surface area contributed by atoms with E-state index >= 15 is 0 Å². The van der Waals surface area contributed by atoms with Crippen molar-refractivity contribution in [2.75, 3.05) is 0 Å². The highest BCUT2D eigenvalue weighted by Crippen LogP contribution is 2.33. The molecule has 4 rings (SSSR count). The third-order valence-electron chi connectivity index (χ3n) is 3.05. The summed E-state index contributed by atoms with van der Waals surface area (Å²) in [6, 6.07) is 12.5. The molecule has 0 aromatic heterocycles. The van der Waals surface area contributed by atoms with Crippen LogP contribution < -0.4 is 0 Å². The lowest BCUT2D eigenvalue weighted by molar-refractivity contribution is 1.63. The Labute approximate surface area is 97.3 Å². The first-order chi connectivity index (χ1) is 7.84. The van der Waals surface area contributed by atoms with E-state index in [9.17, 15) is 0 Å². The van der Waals surface area contributed by atoms with Gasteiger partial charge in [-0.05, 0) is 17.6 Å². The van der Waals surface area contributed by atoms with Crippen LogP contribution in [0.1, 0.15) is 11.1 Å². The second kappa shape index (κ2) is 2.62. The maximum atomic E-state index is 5.03. The molecule has 0 radical (unpaired) electrons. The Balaban J connectivity index is 2.27. The van der Waals surface area contributed by atoms with Crippen molar-refractivity contribution in [3.8, 4) is 0 Å². The van der Waals surface area contributed by atoms with Crippen LogP contribution in [-0.2, 0) is 0 Å². The van der Waals surface area contributed by atoms with Gasteiger partial charge in [0.2, 0.25) is 5.11 Å². The first kappa shape index (κ1) is 8.30. The molecule has 0 fully saturated rings. The SMILES string of the molecule is S=C1N=C2C(=N1)c1cccc3cccc2c13. The van der Waals surface area contributed by atoms with Crippen molar-refractivity contribution in [2.24, 2.45) is 9.98 Å². The Kier molecular flexibility index (Phi) is 1.36. The summed E-state index contributed by atoms with van der Waals surface area (Å²) in [7, 11) is 0. The summed E-state index contributed by atoms with van der Waals surface area (Å²) in [5.74, 6) is 0. The van der Waals surface area contributed by atoms with E-state index in [1.54, 1.807) is 0 Å². The van der Waals surface area contributed by atoms with Gasteiger partial charge in [-0.15, -0.1) is 0 Å². The van der Waals surface area contributed by atoms with Gasteiger partial charge >= 0.3 is 0 Å². The number of nitrogens with zero attached hydrogens (tertiary/aromatic N) is 2. The fourth-order valence-corrected chi connectivity index (χ4v) is 2.62. The van der Waals surface area contributed by atoms with E-state index in [-0.39, 0.29) is 0 Å². The van der Waals surface area contributed by atoms with Crippen LogP contribution in [0.4, 0.5) is 0 Å². The van der Waals surface area contributed by atoms with Crippen molar-refractivity contribution < 1.29 is 0 Å². The van der Waals surface area contributed by atoms with Gasteiger partial charge in [0.05, 0.1) is 0 Å². The largest absolute Gasteiger partial charge is 0.220 e. The van der Waals surface area contributed by atoms with Gasteiger partial charge in [-0.2, -0.15) is 0 Å². The van der Waals surface area contributed by atoms with E-state index in [2.05, 4.69) is 34.3 Å². The molecule has 0 saturated carbocycles. The number of rotatable bonds is 0. The lowest BCUT2D eigenvalue weighted by atomic mass is 10.1. The zero-order valence-electron chi connectivity index (χ0n) is 8.27. The maximum Gasteiger partial charge on any atom is 0.220 e. The fraction of sp³-hybridized carbons (Fsp3) is 0. The quantitative estimate of drug-likeness (QED) is 0.629. The molecule has 0 N–H and O–H groups in total. The first-order valence-electron chi connectivity index (χ1n) is 5.09. The van der Waals surface area contributed by atoms with E-state index in [4.69, 9.17) is 12.2 Å². The smallest absolute Gasteiger partial charge is 0.216 e. The van der Waals surface area contributed by atoms with Crippen molar-refractivity contribution in [3.05, 3.63) is 47.5 Å². The molecule has 0 saturated heterocycles. The molecule has 0 amide bonds. The van der Waals surface area contributed by atoms with Gasteiger partial charge in [0.15, 0.2) is 0 Å². The van der Waals surface area contributed by atoms with Gasteiger partial charge in [0, 0.05) is 16.5 Å². The number of fused-ring (bicyclic) bond motifs is 3. The summed E-state index contributed by atoms with van der Waals surface area (Å²) in [6.45, 7) is 0. The van der Waals surface area contributed by atoms with Crippen molar-refractivity contribution >= 4 is 39.5 Å². The Morgan fingerprint density at radius 1 is 0.812 bits per heavy atom. The normalized spacial score (nSPS) is 16.4. The number of benzene rings is 2. The number of thiocarbonyl (C=S) groups is 1. The third-order valence-corrected chi connectivity index (χ3v) is 3.24. The molecule has 16 heavy (non-hydrogen) atoms. The molecule has 2 nitrogen and oxygen atoms in total. The maximum absolute atomic E-state index is 5.03. The van der Waals surface area contributed by atoms with E-state index in [0.717, 1.165) is 22.6 Å². The molecule has 0 atom stereocenters. The van der Waals surface area contributed by atoms with Crippen LogP contribution >= 0.6 is 12.2 Å². The minimum atomic E-state index is 0.441. The second-order valence-corrected chi connectivity index (χ2v) is 4.28. The fourth-order valence-electron chi connectivity index (χ4n) is 2.43. The Morgan fingerprint density at radius 2 is 1.38 bits per heavy atom. The van der Waals surface area contributed by atoms with E-state index in [1.807, 2.05) is 12.1 Å². The molecular formula is C13H6N2S. The van der Waals surface area contributed by atoms with E-state index < -0.39 is 0 Å². The summed E-state index contributed by atoms with van der Waals surface area (Å²) in [4.78, 5) is 8.67. The molecule has 0 unspecified atom stereocenters. The standard InChI is InChI=1S/C13H6N2S/c16-13-14-11-8-5-1-3-7-4-2-6-9(10(7)8)12(11)15-13/h1-6H. The Morgan fingerprint density at radius 3 is 1.94 bits per heavy atom. The molecule has 0 bridgehead atoms. The van der Waals surface area contributed by atoms with Crippen LogP contribution in [0.2, 0.25) is 0 Å². The summed E-state index contributed by atoms with van der Waals surface area (Å²) in [6.07, 6.45) is 0.